The molecule has 0 atom stereocenters. The molecule has 2 aromatic carbocycles. The largest absolute Gasteiger partial charge is 0.489 e. The van der Waals surface area contributed by atoms with Gasteiger partial charge in [-0.3, -0.25) is 4.79 Å². The summed E-state index contributed by atoms with van der Waals surface area (Å²) in [5.41, 5.74) is 2.59. The van der Waals surface area contributed by atoms with Crippen LogP contribution in [0.1, 0.15) is 31.8 Å². The van der Waals surface area contributed by atoms with Crippen LogP contribution in [0.25, 0.3) is 0 Å². The minimum atomic E-state index is -0.954. The quantitative estimate of drug-likeness (QED) is 0.627. The van der Waals surface area contributed by atoms with Crippen molar-refractivity contribution in [3.8, 4) is 5.75 Å². The number of hydrogen-bond donors (Lipinski definition) is 1. The van der Waals surface area contributed by atoms with E-state index in [0.29, 0.717) is 24.3 Å². The molecule has 4 heteroatoms. The number of carboxylic acid groups (broad SMARTS) is 1. The highest BCUT2D eigenvalue weighted by Gasteiger charge is 2.06. The zero-order valence-electron chi connectivity index (χ0n) is 12.0. The summed E-state index contributed by atoms with van der Waals surface area (Å²) in [5.74, 6) is -0.266. The van der Waals surface area contributed by atoms with Gasteiger partial charge in [-0.25, -0.2) is 4.79 Å². The normalized spacial score (nSPS) is 10.0. The van der Waals surface area contributed by atoms with Gasteiger partial charge in [0.2, 0.25) is 0 Å². The fraction of sp³-hybridized carbons (Fsp3) is 0.111. The summed E-state index contributed by atoms with van der Waals surface area (Å²) < 4.78 is 5.76. The lowest BCUT2D eigenvalue weighted by atomic mass is 10.1. The van der Waals surface area contributed by atoms with E-state index in [1.165, 1.54) is 0 Å². The predicted molar refractivity (Wildman–Crippen MR) is 83.5 cm³/mol. The average Bonchev–Trinajstić information content (AvgIpc) is 2.54. The number of rotatable bonds is 7. The maximum Gasteiger partial charge on any atom is 0.335 e. The highest BCUT2D eigenvalue weighted by Crippen LogP contribution is 2.22. The molecular formula is C18H16O4. The Kier molecular flexibility index (Phi) is 5.09. The summed E-state index contributed by atoms with van der Waals surface area (Å²) in [4.78, 5) is 21.6. The zero-order valence-corrected chi connectivity index (χ0v) is 12.0. The van der Waals surface area contributed by atoms with Gasteiger partial charge in [0.1, 0.15) is 18.6 Å². The first kappa shape index (κ1) is 15.5. The Morgan fingerprint density at radius 2 is 1.91 bits per heavy atom. The molecule has 0 saturated carbocycles. The molecule has 0 radical (unpaired) electrons. The number of allylic oxidation sites excluding steroid dienone is 1. The number of aromatic carboxylic acids is 1. The van der Waals surface area contributed by atoms with Crippen molar-refractivity contribution in [1.82, 2.24) is 0 Å². The van der Waals surface area contributed by atoms with Crippen LogP contribution in [-0.4, -0.2) is 17.4 Å². The van der Waals surface area contributed by atoms with Gasteiger partial charge in [-0.15, -0.1) is 6.58 Å². The van der Waals surface area contributed by atoms with Crippen LogP contribution in [0.5, 0.6) is 5.75 Å². The Labute approximate surface area is 128 Å². The molecule has 112 valence electrons. The summed E-state index contributed by atoms with van der Waals surface area (Å²) in [5, 5.41) is 8.86. The van der Waals surface area contributed by atoms with Gasteiger partial charge >= 0.3 is 5.97 Å². The van der Waals surface area contributed by atoms with Crippen LogP contribution < -0.4 is 4.74 Å². The van der Waals surface area contributed by atoms with Gasteiger partial charge in [0.25, 0.3) is 0 Å². The average molecular weight is 296 g/mol. The Bertz CT molecular complexity index is 687. The van der Waals surface area contributed by atoms with E-state index in [0.717, 1.165) is 17.4 Å². The molecule has 0 aliphatic carbocycles. The molecule has 0 heterocycles. The second-order valence-corrected chi connectivity index (χ2v) is 4.77. The maximum atomic E-state index is 10.8. The van der Waals surface area contributed by atoms with E-state index in [4.69, 9.17) is 9.84 Å². The molecule has 22 heavy (non-hydrogen) atoms. The van der Waals surface area contributed by atoms with Crippen molar-refractivity contribution in [3.63, 3.8) is 0 Å². The second-order valence-electron chi connectivity index (χ2n) is 4.77. The smallest absolute Gasteiger partial charge is 0.335 e. The lowest BCUT2D eigenvalue weighted by Crippen LogP contribution is -2.01. The topological polar surface area (TPSA) is 63.6 Å². The highest BCUT2D eigenvalue weighted by molar-refractivity contribution is 5.87. The summed E-state index contributed by atoms with van der Waals surface area (Å²) >= 11 is 0. The minimum Gasteiger partial charge on any atom is -0.489 e. The van der Waals surface area contributed by atoms with Gasteiger partial charge < -0.3 is 9.84 Å². The molecule has 0 bridgehead atoms. The first-order chi connectivity index (χ1) is 10.6. The first-order valence-electron chi connectivity index (χ1n) is 6.78. The Morgan fingerprint density at radius 1 is 1.18 bits per heavy atom. The molecule has 2 aromatic rings. The molecule has 4 nitrogen and oxygen atoms in total. The van der Waals surface area contributed by atoms with Crippen LogP contribution in [0.2, 0.25) is 0 Å². The monoisotopic (exact) mass is 296 g/mol. The van der Waals surface area contributed by atoms with Crippen molar-refractivity contribution in [1.29, 1.82) is 0 Å². The molecule has 0 aliphatic heterocycles. The van der Waals surface area contributed by atoms with E-state index in [1.807, 2.05) is 0 Å². The fourth-order valence-electron chi connectivity index (χ4n) is 2.03. The number of ether oxygens (including phenoxy) is 1. The molecule has 2 rings (SSSR count). The Morgan fingerprint density at radius 3 is 2.50 bits per heavy atom. The number of carbonyl (C=O) groups excluding carboxylic acids is 1. The molecule has 0 aliphatic rings. The van der Waals surface area contributed by atoms with E-state index < -0.39 is 5.97 Å². The first-order valence-corrected chi connectivity index (χ1v) is 6.78. The van der Waals surface area contributed by atoms with Gasteiger partial charge in [-0.05, 0) is 47.9 Å². The Balaban J connectivity index is 2.11. The molecule has 0 unspecified atom stereocenters. The van der Waals surface area contributed by atoms with Crippen molar-refractivity contribution in [2.75, 3.05) is 0 Å². The van der Waals surface area contributed by atoms with Crippen LogP contribution in [0.3, 0.4) is 0 Å². The van der Waals surface area contributed by atoms with E-state index in [1.54, 1.807) is 48.5 Å². The number of carboxylic acids is 1. The summed E-state index contributed by atoms with van der Waals surface area (Å²) in [7, 11) is 0. The third kappa shape index (κ3) is 3.82. The van der Waals surface area contributed by atoms with Gasteiger partial charge in [-0.1, -0.05) is 18.2 Å². The molecular weight excluding hydrogens is 280 g/mol. The van der Waals surface area contributed by atoms with Crippen molar-refractivity contribution in [2.24, 2.45) is 0 Å². The third-order valence-electron chi connectivity index (χ3n) is 3.18. The molecule has 0 fully saturated rings. The standard InChI is InChI=1S/C18H16O4/c1-2-3-16-10-14(11-19)6-9-17(16)22-12-13-4-7-15(8-5-13)18(20)21/h2,4-11H,1,3,12H2,(H,20,21). The Hall–Kier alpha value is -2.88. The lowest BCUT2D eigenvalue weighted by molar-refractivity contribution is 0.0696. The zero-order chi connectivity index (χ0) is 15.9. The number of benzene rings is 2. The molecule has 0 saturated heterocycles. The van der Waals surface area contributed by atoms with Gasteiger partial charge in [0, 0.05) is 5.56 Å². The van der Waals surface area contributed by atoms with Crippen LogP contribution in [0.4, 0.5) is 0 Å². The molecule has 0 amide bonds. The third-order valence-corrected chi connectivity index (χ3v) is 3.18. The van der Waals surface area contributed by atoms with E-state index in [9.17, 15) is 9.59 Å². The lowest BCUT2D eigenvalue weighted by Gasteiger charge is -2.11. The predicted octanol–water partition coefficient (Wildman–Crippen LogP) is 3.50. The van der Waals surface area contributed by atoms with Crippen LogP contribution in [-0.2, 0) is 13.0 Å². The van der Waals surface area contributed by atoms with Gasteiger partial charge in [-0.2, -0.15) is 0 Å². The molecule has 1 N–H and O–H groups in total. The van der Waals surface area contributed by atoms with Gasteiger partial charge in [0.05, 0.1) is 5.56 Å². The summed E-state index contributed by atoms with van der Waals surface area (Å²) in [6.07, 6.45) is 3.15. The summed E-state index contributed by atoms with van der Waals surface area (Å²) in [6, 6.07) is 11.8. The number of carbonyl (C=O) groups is 2. The van der Waals surface area contributed by atoms with Crippen molar-refractivity contribution in [3.05, 3.63) is 77.4 Å². The SMILES string of the molecule is C=CCc1cc(C=O)ccc1OCc1ccc(C(=O)O)cc1. The van der Waals surface area contributed by atoms with Gasteiger partial charge in [0.15, 0.2) is 0 Å². The van der Waals surface area contributed by atoms with E-state index >= 15 is 0 Å². The molecule has 0 spiro atoms. The van der Waals surface area contributed by atoms with Crippen LogP contribution in [0.15, 0.2) is 55.1 Å². The summed E-state index contributed by atoms with van der Waals surface area (Å²) in [6.45, 7) is 4.02. The van der Waals surface area contributed by atoms with Crippen LogP contribution >= 0.6 is 0 Å². The van der Waals surface area contributed by atoms with Crippen LogP contribution in [0, 0.1) is 0 Å². The van der Waals surface area contributed by atoms with Crippen molar-refractivity contribution >= 4 is 12.3 Å². The van der Waals surface area contributed by atoms with E-state index in [2.05, 4.69) is 6.58 Å². The molecule has 0 aromatic heterocycles. The van der Waals surface area contributed by atoms with E-state index in [-0.39, 0.29) is 5.56 Å². The number of aldehydes is 1. The van der Waals surface area contributed by atoms with Crippen molar-refractivity contribution in [2.45, 2.75) is 13.0 Å². The second kappa shape index (κ2) is 7.22. The fourth-order valence-corrected chi connectivity index (χ4v) is 2.03. The number of hydrogen-bond acceptors (Lipinski definition) is 3. The maximum absolute atomic E-state index is 10.8. The minimum absolute atomic E-state index is 0.242. The highest BCUT2D eigenvalue weighted by atomic mass is 16.5. The van der Waals surface area contributed by atoms with Crippen molar-refractivity contribution < 1.29 is 19.4 Å².